The smallest absolute Gasteiger partial charge is 0.337 e. The molecule has 2 aromatic rings. The van der Waals surface area contributed by atoms with Gasteiger partial charge in [-0.2, -0.15) is 5.10 Å². The Bertz CT molecular complexity index is 872. The quantitative estimate of drug-likeness (QED) is 0.742. The molecule has 136 valence electrons. The Labute approximate surface area is 150 Å². The molecule has 0 fully saturated rings. The second-order valence-corrected chi connectivity index (χ2v) is 5.84. The highest BCUT2D eigenvalue weighted by Gasteiger charge is 2.34. The van der Waals surface area contributed by atoms with Crippen LogP contribution in [0.4, 0.5) is 5.69 Å². The average Bonchev–Trinajstić information content (AvgIpc) is 3.20. The van der Waals surface area contributed by atoms with Crippen molar-refractivity contribution in [2.24, 2.45) is 7.05 Å². The Morgan fingerprint density at radius 1 is 1.38 bits per heavy atom. The van der Waals surface area contributed by atoms with Gasteiger partial charge in [-0.3, -0.25) is 9.48 Å². The van der Waals surface area contributed by atoms with Crippen molar-refractivity contribution in [2.75, 3.05) is 32.1 Å². The fourth-order valence-corrected chi connectivity index (χ4v) is 2.91. The van der Waals surface area contributed by atoms with Crippen LogP contribution in [0.5, 0.6) is 0 Å². The molecule has 3 rings (SSSR count). The molecule has 1 aliphatic heterocycles. The van der Waals surface area contributed by atoms with E-state index in [9.17, 15) is 9.59 Å². The summed E-state index contributed by atoms with van der Waals surface area (Å²) in [4.78, 5) is 26.0. The van der Waals surface area contributed by atoms with Crippen molar-refractivity contribution in [2.45, 2.75) is 0 Å². The lowest BCUT2D eigenvalue weighted by molar-refractivity contribution is -0.136. The van der Waals surface area contributed by atoms with Crippen LogP contribution in [-0.4, -0.2) is 58.5 Å². The molecule has 2 heterocycles. The molecule has 2 N–H and O–H groups in total. The average molecular weight is 356 g/mol. The molecule has 0 saturated heterocycles. The van der Waals surface area contributed by atoms with E-state index in [2.05, 4.69) is 10.4 Å². The molecule has 1 aromatic carbocycles. The van der Waals surface area contributed by atoms with Gasteiger partial charge in [-0.15, -0.1) is 0 Å². The first kappa shape index (κ1) is 17.7. The number of hydrogen-bond acceptors (Lipinski definition) is 6. The number of aliphatic hydroxyl groups is 1. The van der Waals surface area contributed by atoms with Crippen LogP contribution in [0.3, 0.4) is 0 Å². The highest BCUT2D eigenvalue weighted by molar-refractivity contribution is 6.08. The molecule has 0 spiro atoms. The maximum absolute atomic E-state index is 12.6. The second-order valence-electron chi connectivity index (χ2n) is 5.84. The second kappa shape index (κ2) is 7.40. The summed E-state index contributed by atoms with van der Waals surface area (Å²) in [6, 6.07) is 9.37. The number of carbonyl (C=O) groups is 2. The van der Waals surface area contributed by atoms with Crippen LogP contribution in [0.2, 0.25) is 0 Å². The first-order chi connectivity index (χ1) is 12.5. The number of methoxy groups -OCH3 is 1. The Hall–Kier alpha value is -3.13. The Kier molecular flexibility index (Phi) is 5.04. The van der Waals surface area contributed by atoms with Crippen molar-refractivity contribution in [3.05, 3.63) is 47.8 Å². The van der Waals surface area contributed by atoms with Gasteiger partial charge in [0.1, 0.15) is 5.70 Å². The zero-order valence-corrected chi connectivity index (χ0v) is 14.6. The lowest BCUT2D eigenvalue weighted by Crippen LogP contribution is -2.31. The summed E-state index contributed by atoms with van der Waals surface area (Å²) in [7, 11) is 3.12. The van der Waals surface area contributed by atoms with Gasteiger partial charge in [0, 0.05) is 31.0 Å². The predicted molar refractivity (Wildman–Crippen MR) is 95.0 cm³/mol. The van der Waals surface area contributed by atoms with Gasteiger partial charge in [0.05, 0.1) is 31.5 Å². The van der Waals surface area contributed by atoms with Crippen LogP contribution >= 0.6 is 0 Å². The van der Waals surface area contributed by atoms with Crippen molar-refractivity contribution in [3.8, 4) is 11.3 Å². The molecule has 0 unspecified atom stereocenters. The Balaban J connectivity index is 1.92. The van der Waals surface area contributed by atoms with Gasteiger partial charge < -0.3 is 20.1 Å². The number of rotatable bonds is 6. The molecule has 1 amide bonds. The number of nitrogens with one attached hydrogen (secondary N) is 1. The summed E-state index contributed by atoms with van der Waals surface area (Å²) in [6.07, 6.45) is 1.71. The molecule has 0 aliphatic carbocycles. The van der Waals surface area contributed by atoms with E-state index >= 15 is 0 Å². The first-order valence-corrected chi connectivity index (χ1v) is 8.12. The molecule has 1 aliphatic rings. The number of nitrogens with zero attached hydrogens (tertiary/aromatic N) is 3. The molecule has 26 heavy (non-hydrogen) atoms. The minimum Gasteiger partial charge on any atom is -0.466 e. The van der Waals surface area contributed by atoms with E-state index in [-0.39, 0.29) is 36.9 Å². The van der Waals surface area contributed by atoms with Crippen molar-refractivity contribution >= 4 is 17.6 Å². The van der Waals surface area contributed by atoms with E-state index in [4.69, 9.17) is 9.84 Å². The standard InChI is InChI=1S/C18H20N4O4/c1-21-15(6-7-19-21)12-4-3-5-13(10-12)20-16-14(18(25)26-2)11-22(8-9-23)17(16)24/h3-7,10,20,23H,8-9,11H2,1-2H3. The largest absolute Gasteiger partial charge is 0.466 e. The fraction of sp³-hybridized carbons (Fsp3) is 0.278. The number of esters is 1. The van der Waals surface area contributed by atoms with Gasteiger partial charge in [0.2, 0.25) is 0 Å². The topological polar surface area (TPSA) is 96.7 Å². The normalized spacial score (nSPS) is 14.1. The number of carbonyl (C=O) groups excluding carboxylic acids is 2. The molecule has 0 saturated carbocycles. The van der Waals surface area contributed by atoms with Gasteiger partial charge in [-0.25, -0.2) is 4.79 Å². The van der Waals surface area contributed by atoms with Gasteiger partial charge in [0.25, 0.3) is 5.91 Å². The molecule has 8 nitrogen and oxygen atoms in total. The first-order valence-electron chi connectivity index (χ1n) is 8.12. The van der Waals surface area contributed by atoms with E-state index in [1.165, 1.54) is 12.0 Å². The van der Waals surface area contributed by atoms with Crippen molar-refractivity contribution in [3.63, 3.8) is 0 Å². The minimum atomic E-state index is -0.566. The molecule has 8 heteroatoms. The summed E-state index contributed by atoms with van der Waals surface area (Å²) in [5.74, 6) is -0.908. The minimum absolute atomic E-state index is 0.107. The Morgan fingerprint density at radius 3 is 2.85 bits per heavy atom. The summed E-state index contributed by atoms with van der Waals surface area (Å²) in [5, 5.41) is 16.3. The van der Waals surface area contributed by atoms with E-state index < -0.39 is 5.97 Å². The van der Waals surface area contributed by atoms with Crippen molar-refractivity contribution in [1.29, 1.82) is 0 Å². The number of benzene rings is 1. The van der Waals surface area contributed by atoms with Crippen molar-refractivity contribution < 1.29 is 19.4 Å². The summed E-state index contributed by atoms with van der Waals surface area (Å²) in [6.45, 7) is 0.0822. The maximum Gasteiger partial charge on any atom is 0.337 e. The maximum atomic E-state index is 12.6. The third-order valence-electron chi connectivity index (χ3n) is 4.20. The zero-order valence-electron chi connectivity index (χ0n) is 14.6. The summed E-state index contributed by atoms with van der Waals surface area (Å²) in [5.41, 5.74) is 2.94. The monoisotopic (exact) mass is 356 g/mol. The van der Waals surface area contributed by atoms with E-state index in [0.29, 0.717) is 5.69 Å². The number of anilines is 1. The number of β-amino-alcohol motifs (C(OH)–C–C–N with tert-alkyl or cyclic N) is 1. The molecular weight excluding hydrogens is 336 g/mol. The number of aliphatic hydroxyl groups excluding tert-OH is 1. The SMILES string of the molecule is COC(=O)C1=C(Nc2cccc(-c3ccnn3C)c2)C(=O)N(CCO)C1. The highest BCUT2D eigenvalue weighted by atomic mass is 16.5. The molecule has 0 atom stereocenters. The predicted octanol–water partition coefficient (Wildman–Crippen LogP) is 0.761. The number of aryl methyl sites for hydroxylation is 1. The van der Waals surface area contributed by atoms with Crippen molar-refractivity contribution in [1.82, 2.24) is 14.7 Å². The number of ether oxygens (including phenoxy) is 1. The number of amides is 1. The third kappa shape index (κ3) is 3.31. The molecule has 1 aromatic heterocycles. The third-order valence-corrected chi connectivity index (χ3v) is 4.20. The van der Waals surface area contributed by atoms with Gasteiger partial charge in [-0.05, 0) is 18.2 Å². The number of aromatic nitrogens is 2. The van der Waals surface area contributed by atoms with Crippen LogP contribution in [0.15, 0.2) is 47.8 Å². The zero-order chi connectivity index (χ0) is 18.7. The lowest BCUT2D eigenvalue weighted by atomic mass is 10.1. The van der Waals surface area contributed by atoms with Gasteiger partial charge in [0.15, 0.2) is 0 Å². The van der Waals surface area contributed by atoms with Gasteiger partial charge in [-0.1, -0.05) is 12.1 Å². The highest BCUT2D eigenvalue weighted by Crippen LogP contribution is 2.26. The van der Waals surface area contributed by atoms with Crippen LogP contribution in [0.1, 0.15) is 0 Å². The van der Waals surface area contributed by atoms with Crippen LogP contribution in [0, 0.1) is 0 Å². The molecule has 0 bridgehead atoms. The van der Waals surface area contributed by atoms with Crippen LogP contribution in [-0.2, 0) is 21.4 Å². The molecular formula is C18H20N4O4. The lowest BCUT2D eigenvalue weighted by Gasteiger charge is -2.15. The number of hydrogen-bond donors (Lipinski definition) is 2. The van der Waals surface area contributed by atoms with Crippen LogP contribution < -0.4 is 5.32 Å². The van der Waals surface area contributed by atoms with E-state index in [1.54, 1.807) is 10.9 Å². The summed E-state index contributed by atoms with van der Waals surface area (Å²) >= 11 is 0. The van der Waals surface area contributed by atoms with Crippen LogP contribution in [0.25, 0.3) is 11.3 Å². The van der Waals surface area contributed by atoms with E-state index in [1.807, 2.05) is 37.4 Å². The fourth-order valence-electron chi connectivity index (χ4n) is 2.91. The van der Waals surface area contributed by atoms with E-state index in [0.717, 1.165) is 11.3 Å². The Morgan fingerprint density at radius 2 is 2.19 bits per heavy atom. The summed E-state index contributed by atoms with van der Waals surface area (Å²) < 4.78 is 6.54. The van der Waals surface area contributed by atoms with Gasteiger partial charge >= 0.3 is 5.97 Å². The molecule has 0 radical (unpaired) electrons.